The molecule has 0 aromatic carbocycles. The summed E-state index contributed by atoms with van der Waals surface area (Å²) in [6.07, 6.45) is 2.62. The fourth-order valence-corrected chi connectivity index (χ4v) is 1.18. The standard InChI is InChI=1S/C10H19N3O2/c1-2-8(11)10(15)13-6-5-12-9(14)7-3-4-7/h7-8H,2-6,11H2,1H3,(H,12,14)(H,13,15)/t8-/m1/s1. The van der Waals surface area contributed by atoms with Gasteiger partial charge in [0.2, 0.25) is 11.8 Å². The molecule has 0 unspecified atom stereocenters. The van der Waals surface area contributed by atoms with Gasteiger partial charge >= 0.3 is 0 Å². The van der Waals surface area contributed by atoms with Gasteiger partial charge < -0.3 is 16.4 Å². The first-order chi connectivity index (χ1) is 7.15. The van der Waals surface area contributed by atoms with Gasteiger partial charge in [-0.3, -0.25) is 9.59 Å². The first-order valence-electron chi connectivity index (χ1n) is 5.46. The molecular formula is C10H19N3O2. The predicted octanol–water partition coefficient (Wildman–Crippen LogP) is -0.634. The quantitative estimate of drug-likeness (QED) is 0.513. The molecule has 0 radical (unpaired) electrons. The average molecular weight is 213 g/mol. The Balaban J connectivity index is 2.00. The average Bonchev–Trinajstić information content (AvgIpc) is 3.06. The highest BCUT2D eigenvalue weighted by molar-refractivity contribution is 5.82. The summed E-state index contributed by atoms with van der Waals surface area (Å²) in [7, 11) is 0. The van der Waals surface area contributed by atoms with Crippen LogP contribution >= 0.6 is 0 Å². The Kier molecular flexibility index (Phi) is 4.55. The van der Waals surface area contributed by atoms with E-state index in [1.54, 1.807) is 0 Å². The Morgan fingerprint density at radius 1 is 1.33 bits per heavy atom. The topological polar surface area (TPSA) is 84.2 Å². The van der Waals surface area contributed by atoms with E-state index >= 15 is 0 Å². The lowest BCUT2D eigenvalue weighted by atomic mass is 10.2. The Bertz CT molecular complexity index is 239. The van der Waals surface area contributed by atoms with Gasteiger partial charge in [-0.15, -0.1) is 0 Å². The SMILES string of the molecule is CC[C@@H](N)C(=O)NCCNC(=O)C1CC1. The normalized spacial score (nSPS) is 16.9. The van der Waals surface area contributed by atoms with Gasteiger partial charge in [0.25, 0.3) is 0 Å². The first-order valence-corrected chi connectivity index (χ1v) is 5.46. The number of carbonyl (C=O) groups excluding carboxylic acids is 2. The largest absolute Gasteiger partial charge is 0.354 e. The number of rotatable bonds is 6. The predicted molar refractivity (Wildman–Crippen MR) is 57.0 cm³/mol. The molecule has 0 spiro atoms. The molecule has 1 atom stereocenters. The third-order valence-corrected chi connectivity index (χ3v) is 2.45. The maximum Gasteiger partial charge on any atom is 0.236 e. The number of amides is 2. The van der Waals surface area contributed by atoms with Gasteiger partial charge in [0.05, 0.1) is 6.04 Å². The maximum atomic E-state index is 11.2. The summed E-state index contributed by atoms with van der Waals surface area (Å²) in [5.74, 6) is 0.167. The van der Waals surface area contributed by atoms with E-state index in [1.807, 2.05) is 6.92 Å². The molecule has 4 N–H and O–H groups in total. The van der Waals surface area contributed by atoms with Crippen molar-refractivity contribution in [3.05, 3.63) is 0 Å². The summed E-state index contributed by atoms with van der Waals surface area (Å²) in [6, 6.07) is -0.441. The van der Waals surface area contributed by atoms with E-state index in [1.165, 1.54) is 0 Å². The molecule has 15 heavy (non-hydrogen) atoms. The second kappa shape index (κ2) is 5.70. The molecule has 5 heteroatoms. The van der Waals surface area contributed by atoms with Crippen molar-refractivity contribution < 1.29 is 9.59 Å². The minimum atomic E-state index is -0.441. The van der Waals surface area contributed by atoms with E-state index in [4.69, 9.17) is 5.73 Å². The Hall–Kier alpha value is -1.10. The second-order valence-electron chi connectivity index (χ2n) is 3.87. The Morgan fingerprint density at radius 3 is 2.47 bits per heavy atom. The van der Waals surface area contributed by atoms with Crippen LogP contribution in [-0.4, -0.2) is 30.9 Å². The van der Waals surface area contributed by atoms with Gasteiger partial charge in [-0.25, -0.2) is 0 Å². The second-order valence-corrected chi connectivity index (χ2v) is 3.87. The van der Waals surface area contributed by atoms with E-state index in [9.17, 15) is 9.59 Å². The van der Waals surface area contributed by atoms with E-state index in [0.717, 1.165) is 12.8 Å². The van der Waals surface area contributed by atoms with Crippen molar-refractivity contribution in [2.24, 2.45) is 11.7 Å². The summed E-state index contributed by atoms with van der Waals surface area (Å²) in [6.45, 7) is 2.79. The number of hydrogen-bond acceptors (Lipinski definition) is 3. The molecule has 0 aliphatic heterocycles. The number of carbonyl (C=O) groups is 2. The van der Waals surface area contributed by atoms with Crippen molar-refractivity contribution in [3.8, 4) is 0 Å². The zero-order chi connectivity index (χ0) is 11.3. The van der Waals surface area contributed by atoms with Crippen LogP contribution in [0.4, 0.5) is 0 Å². The van der Waals surface area contributed by atoms with Crippen molar-refractivity contribution >= 4 is 11.8 Å². The first kappa shape index (κ1) is 12.0. The molecule has 0 heterocycles. The van der Waals surface area contributed by atoms with Crippen LogP contribution in [0.15, 0.2) is 0 Å². The molecule has 2 amide bonds. The van der Waals surface area contributed by atoms with Crippen LogP contribution < -0.4 is 16.4 Å². The zero-order valence-electron chi connectivity index (χ0n) is 9.08. The highest BCUT2D eigenvalue weighted by atomic mass is 16.2. The molecule has 1 fully saturated rings. The summed E-state index contributed by atoms with van der Waals surface area (Å²) in [5.41, 5.74) is 5.52. The van der Waals surface area contributed by atoms with Crippen LogP contribution in [-0.2, 0) is 9.59 Å². The third kappa shape index (κ3) is 4.29. The Morgan fingerprint density at radius 2 is 1.93 bits per heavy atom. The molecule has 1 rings (SSSR count). The molecule has 1 saturated carbocycles. The van der Waals surface area contributed by atoms with E-state index < -0.39 is 6.04 Å². The van der Waals surface area contributed by atoms with Crippen molar-refractivity contribution in [2.75, 3.05) is 13.1 Å². The maximum absolute atomic E-state index is 11.2. The van der Waals surface area contributed by atoms with Crippen LogP contribution in [0.3, 0.4) is 0 Å². The molecule has 5 nitrogen and oxygen atoms in total. The zero-order valence-corrected chi connectivity index (χ0v) is 9.08. The molecule has 1 aliphatic rings. The number of nitrogens with one attached hydrogen (secondary N) is 2. The van der Waals surface area contributed by atoms with E-state index in [-0.39, 0.29) is 17.7 Å². The molecule has 86 valence electrons. The van der Waals surface area contributed by atoms with Gasteiger partial charge in [0.1, 0.15) is 0 Å². The van der Waals surface area contributed by atoms with E-state index in [0.29, 0.717) is 19.5 Å². The molecule has 0 aromatic rings. The molecule has 0 saturated heterocycles. The monoisotopic (exact) mass is 213 g/mol. The van der Waals surface area contributed by atoms with Crippen molar-refractivity contribution in [2.45, 2.75) is 32.2 Å². The van der Waals surface area contributed by atoms with Gasteiger partial charge in [-0.05, 0) is 19.3 Å². The highest BCUT2D eigenvalue weighted by Crippen LogP contribution is 2.28. The third-order valence-electron chi connectivity index (χ3n) is 2.45. The van der Waals surface area contributed by atoms with Gasteiger partial charge in [0, 0.05) is 19.0 Å². The van der Waals surface area contributed by atoms with E-state index in [2.05, 4.69) is 10.6 Å². The molecule has 0 bridgehead atoms. The Labute approximate surface area is 89.8 Å². The van der Waals surface area contributed by atoms with Crippen LogP contribution in [0.25, 0.3) is 0 Å². The van der Waals surface area contributed by atoms with Gasteiger partial charge in [-0.2, -0.15) is 0 Å². The summed E-state index contributed by atoms with van der Waals surface area (Å²) in [4.78, 5) is 22.4. The minimum absolute atomic E-state index is 0.101. The minimum Gasteiger partial charge on any atom is -0.354 e. The smallest absolute Gasteiger partial charge is 0.236 e. The van der Waals surface area contributed by atoms with Crippen LogP contribution in [0.1, 0.15) is 26.2 Å². The van der Waals surface area contributed by atoms with Gasteiger partial charge in [0.15, 0.2) is 0 Å². The van der Waals surface area contributed by atoms with Gasteiger partial charge in [-0.1, -0.05) is 6.92 Å². The summed E-state index contributed by atoms with van der Waals surface area (Å²) < 4.78 is 0. The molecule has 0 aromatic heterocycles. The van der Waals surface area contributed by atoms with Crippen LogP contribution in [0.5, 0.6) is 0 Å². The lowest BCUT2D eigenvalue weighted by Gasteiger charge is -2.10. The number of nitrogens with two attached hydrogens (primary N) is 1. The fourth-order valence-electron chi connectivity index (χ4n) is 1.18. The summed E-state index contributed by atoms with van der Waals surface area (Å²) in [5, 5.41) is 5.43. The lowest BCUT2D eigenvalue weighted by Crippen LogP contribution is -2.43. The van der Waals surface area contributed by atoms with Crippen LogP contribution in [0, 0.1) is 5.92 Å². The molecular weight excluding hydrogens is 194 g/mol. The number of hydrogen-bond donors (Lipinski definition) is 3. The van der Waals surface area contributed by atoms with Crippen molar-refractivity contribution in [1.82, 2.24) is 10.6 Å². The summed E-state index contributed by atoms with van der Waals surface area (Å²) >= 11 is 0. The van der Waals surface area contributed by atoms with Crippen molar-refractivity contribution in [3.63, 3.8) is 0 Å². The lowest BCUT2D eigenvalue weighted by molar-refractivity contribution is -0.124. The fraction of sp³-hybridized carbons (Fsp3) is 0.800. The molecule has 1 aliphatic carbocycles. The highest BCUT2D eigenvalue weighted by Gasteiger charge is 2.28. The van der Waals surface area contributed by atoms with Crippen molar-refractivity contribution in [1.29, 1.82) is 0 Å². The van der Waals surface area contributed by atoms with Crippen LogP contribution in [0.2, 0.25) is 0 Å².